The number of aliphatic hydroxyl groups is 1. The normalized spacial score (nSPS) is 25.5. The van der Waals surface area contributed by atoms with Gasteiger partial charge >= 0.3 is 0 Å². The van der Waals surface area contributed by atoms with Gasteiger partial charge in [0.05, 0.1) is 9.67 Å². The van der Waals surface area contributed by atoms with Gasteiger partial charge in [-0.3, -0.25) is 0 Å². The van der Waals surface area contributed by atoms with Gasteiger partial charge in [-0.05, 0) is 35.4 Å². The summed E-state index contributed by atoms with van der Waals surface area (Å²) in [4.78, 5) is 8.08. The summed E-state index contributed by atoms with van der Waals surface area (Å²) in [5.41, 5.74) is 0. The Hall–Kier alpha value is -0.430. The zero-order valence-corrected chi connectivity index (χ0v) is 10.5. The molecule has 1 heterocycles. The molecule has 0 saturated heterocycles. The Kier molecular flexibility index (Phi) is 3.74. The van der Waals surface area contributed by atoms with Gasteiger partial charge in [0.15, 0.2) is 0 Å². The number of rotatable bonds is 3. The Morgan fingerprint density at radius 3 is 3.07 bits per heavy atom. The predicted molar refractivity (Wildman–Crippen MR) is 66.6 cm³/mol. The smallest absolute Gasteiger partial charge is 0.142 e. The third-order valence-corrected chi connectivity index (χ3v) is 3.61. The number of aromatic nitrogens is 2. The first kappa shape index (κ1) is 11.1. The topological polar surface area (TPSA) is 58.0 Å². The van der Waals surface area contributed by atoms with Crippen LogP contribution in [0.1, 0.15) is 19.3 Å². The van der Waals surface area contributed by atoms with E-state index < -0.39 is 0 Å². The van der Waals surface area contributed by atoms with E-state index in [0.29, 0.717) is 5.92 Å². The maximum Gasteiger partial charge on any atom is 0.142 e. The molecule has 4 nitrogen and oxygen atoms in total. The van der Waals surface area contributed by atoms with Crippen molar-refractivity contribution in [1.82, 2.24) is 9.97 Å². The largest absolute Gasteiger partial charge is 0.393 e. The molecule has 82 valence electrons. The van der Waals surface area contributed by atoms with Crippen LogP contribution < -0.4 is 5.32 Å². The van der Waals surface area contributed by atoms with Crippen molar-refractivity contribution < 1.29 is 5.11 Å². The minimum atomic E-state index is -0.142. The molecule has 0 spiro atoms. The van der Waals surface area contributed by atoms with Crippen LogP contribution in [0.2, 0.25) is 0 Å². The number of hydrogen-bond donors (Lipinski definition) is 2. The van der Waals surface area contributed by atoms with Gasteiger partial charge in [-0.1, -0.05) is 6.42 Å². The van der Waals surface area contributed by atoms with Crippen molar-refractivity contribution in [3.8, 4) is 0 Å². The molecule has 2 atom stereocenters. The van der Waals surface area contributed by atoms with E-state index in [1.165, 1.54) is 6.33 Å². The zero-order chi connectivity index (χ0) is 10.7. The van der Waals surface area contributed by atoms with Crippen molar-refractivity contribution in [2.75, 3.05) is 11.9 Å². The second-order valence-corrected chi connectivity index (χ2v) is 5.02. The Labute approximate surface area is 103 Å². The maximum absolute atomic E-state index is 9.66. The average molecular weight is 319 g/mol. The van der Waals surface area contributed by atoms with E-state index in [-0.39, 0.29) is 6.10 Å². The lowest BCUT2D eigenvalue weighted by molar-refractivity contribution is 0.138. The fourth-order valence-corrected chi connectivity index (χ4v) is 2.42. The molecular formula is C10H14IN3O. The lowest BCUT2D eigenvalue weighted by atomic mass is 10.1. The van der Waals surface area contributed by atoms with Crippen LogP contribution >= 0.6 is 22.6 Å². The summed E-state index contributed by atoms with van der Waals surface area (Å²) in [6.07, 6.45) is 6.35. The lowest BCUT2D eigenvalue weighted by Crippen LogP contribution is -2.22. The molecule has 0 radical (unpaired) electrons. The number of nitrogens with one attached hydrogen (secondary N) is 1. The van der Waals surface area contributed by atoms with Crippen molar-refractivity contribution in [3.05, 3.63) is 16.1 Å². The Balaban J connectivity index is 1.90. The van der Waals surface area contributed by atoms with Gasteiger partial charge in [-0.2, -0.15) is 0 Å². The molecule has 5 heteroatoms. The number of hydrogen-bond acceptors (Lipinski definition) is 4. The summed E-state index contributed by atoms with van der Waals surface area (Å²) in [5.74, 6) is 1.24. The van der Waals surface area contributed by atoms with Crippen molar-refractivity contribution >= 4 is 28.4 Å². The molecule has 0 aliphatic heterocycles. The second-order valence-electron chi connectivity index (χ2n) is 3.86. The number of aliphatic hydroxyl groups excluding tert-OH is 1. The molecular weight excluding hydrogens is 305 g/mol. The van der Waals surface area contributed by atoms with Crippen LogP contribution in [-0.4, -0.2) is 27.7 Å². The van der Waals surface area contributed by atoms with E-state index in [9.17, 15) is 5.11 Å². The SMILES string of the molecule is OC1CCCC1CNc1ncncc1I. The first-order chi connectivity index (χ1) is 7.27. The van der Waals surface area contributed by atoms with Crippen LogP contribution in [-0.2, 0) is 0 Å². The second kappa shape index (κ2) is 5.07. The van der Waals surface area contributed by atoms with Crippen LogP contribution in [0.25, 0.3) is 0 Å². The van der Waals surface area contributed by atoms with Crippen molar-refractivity contribution in [3.63, 3.8) is 0 Å². The number of anilines is 1. The van der Waals surface area contributed by atoms with Crippen molar-refractivity contribution in [1.29, 1.82) is 0 Å². The highest BCUT2D eigenvalue weighted by Crippen LogP contribution is 2.26. The molecule has 15 heavy (non-hydrogen) atoms. The van der Waals surface area contributed by atoms with Gasteiger partial charge in [-0.15, -0.1) is 0 Å². The summed E-state index contributed by atoms with van der Waals surface area (Å²) in [6, 6.07) is 0. The molecule has 0 bridgehead atoms. The van der Waals surface area contributed by atoms with Crippen LogP contribution in [0, 0.1) is 9.49 Å². The molecule has 2 rings (SSSR count). The zero-order valence-electron chi connectivity index (χ0n) is 8.36. The van der Waals surface area contributed by atoms with Gasteiger partial charge in [0.25, 0.3) is 0 Å². The van der Waals surface area contributed by atoms with Crippen molar-refractivity contribution in [2.45, 2.75) is 25.4 Å². The summed E-state index contributed by atoms with van der Waals surface area (Å²) in [7, 11) is 0. The molecule has 1 saturated carbocycles. The molecule has 1 aliphatic rings. The van der Waals surface area contributed by atoms with E-state index in [0.717, 1.165) is 35.2 Å². The minimum absolute atomic E-state index is 0.142. The van der Waals surface area contributed by atoms with Crippen LogP contribution in [0.5, 0.6) is 0 Å². The minimum Gasteiger partial charge on any atom is -0.393 e. The summed E-state index contributed by atoms with van der Waals surface area (Å²) < 4.78 is 1.02. The van der Waals surface area contributed by atoms with E-state index in [4.69, 9.17) is 0 Å². The van der Waals surface area contributed by atoms with Gasteiger partial charge in [0.2, 0.25) is 0 Å². The van der Waals surface area contributed by atoms with Gasteiger partial charge in [0.1, 0.15) is 12.1 Å². The number of halogens is 1. The molecule has 1 aliphatic carbocycles. The highest BCUT2D eigenvalue weighted by atomic mass is 127. The predicted octanol–water partition coefficient (Wildman–Crippen LogP) is 1.65. The van der Waals surface area contributed by atoms with Crippen LogP contribution in [0.3, 0.4) is 0 Å². The van der Waals surface area contributed by atoms with E-state index in [1.807, 2.05) is 0 Å². The summed E-state index contributed by atoms with van der Waals surface area (Å²) in [6.45, 7) is 0.800. The first-order valence-corrected chi connectivity index (χ1v) is 6.22. The molecule has 1 aromatic rings. The molecule has 2 N–H and O–H groups in total. The molecule has 0 amide bonds. The average Bonchev–Trinajstić information content (AvgIpc) is 2.63. The third-order valence-electron chi connectivity index (χ3n) is 2.82. The van der Waals surface area contributed by atoms with Gasteiger partial charge < -0.3 is 10.4 Å². The molecule has 1 aromatic heterocycles. The van der Waals surface area contributed by atoms with Gasteiger partial charge in [0, 0.05) is 18.7 Å². The van der Waals surface area contributed by atoms with Crippen LogP contribution in [0.4, 0.5) is 5.82 Å². The fourth-order valence-electron chi connectivity index (χ4n) is 1.93. The highest BCUT2D eigenvalue weighted by molar-refractivity contribution is 14.1. The maximum atomic E-state index is 9.66. The Morgan fingerprint density at radius 1 is 1.53 bits per heavy atom. The Bertz CT molecular complexity index is 334. The van der Waals surface area contributed by atoms with E-state index in [1.54, 1.807) is 6.20 Å². The quantitative estimate of drug-likeness (QED) is 0.832. The lowest BCUT2D eigenvalue weighted by Gasteiger charge is -2.15. The van der Waals surface area contributed by atoms with Crippen molar-refractivity contribution in [2.24, 2.45) is 5.92 Å². The van der Waals surface area contributed by atoms with E-state index >= 15 is 0 Å². The molecule has 2 unspecified atom stereocenters. The summed E-state index contributed by atoms with van der Waals surface area (Å²) in [5, 5.41) is 12.9. The van der Waals surface area contributed by atoms with Crippen LogP contribution in [0.15, 0.2) is 12.5 Å². The standard InChI is InChI=1S/C10H14IN3O/c11-8-5-12-6-14-10(8)13-4-7-2-1-3-9(7)15/h5-7,9,15H,1-4H2,(H,12,13,14). The van der Waals surface area contributed by atoms with E-state index in [2.05, 4.69) is 37.9 Å². The third kappa shape index (κ3) is 2.78. The monoisotopic (exact) mass is 319 g/mol. The fraction of sp³-hybridized carbons (Fsp3) is 0.600. The summed E-state index contributed by atoms with van der Waals surface area (Å²) >= 11 is 2.20. The van der Waals surface area contributed by atoms with Gasteiger partial charge in [-0.25, -0.2) is 9.97 Å². The molecule has 0 aromatic carbocycles. The first-order valence-electron chi connectivity index (χ1n) is 5.15. The Morgan fingerprint density at radius 2 is 2.40 bits per heavy atom. The molecule has 1 fully saturated rings. The number of nitrogens with zero attached hydrogens (tertiary/aromatic N) is 2. The highest BCUT2D eigenvalue weighted by Gasteiger charge is 2.24.